The van der Waals surface area contributed by atoms with E-state index in [0.717, 1.165) is 19.3 Å². The highest BCUT2D eigenvalue weighted by Crippen LogP contribution is 2.36. The van der Waals surface area contributed by atoms with Gasteiger partial charge in [-0.15, -0.1) is 0 Å². The monoisotopic (exact) mass is 275 g/mol. The Bertz CT molecular complexity index is 420. The molecule has 0 amide bonds. The van der Waals surface area contributed by atoms with Crippen LogP contribution in [0.3, 0.4) is 0 Å². The van der Waals surface area contributed by atoms with Gasteiger partial charge in [0.1, 0.15) is 0 Å². The topological polar surface area (TPSA) is 63.7 Å². The van der Waals surface area contributed by atoms with Crippen LogP contribution in [-0.4, -0.2) is 43.6 Å². The summed E-state index contributed by atoms with van der Waals surface area (Å²) in [6.45, 7) is 2.53. The van der Waals surface area contributed by atoms with Gasteiger partial charge >= 0.3 is 5.97 Å². The Balaban J connectivity index is 2.21. The molecule has 1 saturated heterocycles. The van der Waals surface area contributed by atoms with Gasteiger partial charge in [0.25, 0.3) is 0 Å². The number of carbonyl (C=O) groups is 1. The maximum atomic E-state index is 12.6. The smallest absolute Gasteiger partial charge is 0.310 e. The van der Waals surface area contributed by atoms with Gasteiger partial charge in [-0.1, -0.05) is 6.42 Å². The lowest BCUT2D eigenvalue weighted by Crippen LogP contribution is -2.43. The predicted octanol–water partition coefficient (Wildman–Crippen LogP) is 1.14. The first-order chi connectivity index (χ1) is 8.48. The SMILES string of the molecule is COC(=O)C1CCCC1S(=O)(=O)N1CCCC1C. The van der Waals surface area contributed by atoms with Crippen LogP contribution in [0.1, 0.15) is 39.0 Å². The lowest BCUT2D eigenvalue weighted by Gasteiger charge is -2.27. The van der Waals surface area contributed by atoms with Gasteiger partial charge in [0, 0.05) is 12.6 Å². The average Bonchev–Trinajstić information content (AvgIpc) is 2.96. The second kappa shape index (κ2) is 5.17. The van der Waals surface area contributed by atoms with Crippen molar-refractivity contribution >= 4 is 16.0 Å². The molecule has 0 aromatic heterocycles. The highest BCUT2D eigenvalue weighted by atomic mass is 32.2. The van der Waals surface area contributed by atoms with E-state index in [9.17, 15) is 13.2 Å². The Labute approximate surface area is 109 Å². The van der Waals surface area contributed by atoms with Crippen LogP contribution in [0, 0.1) is 5.92 Å². The van der Waals surface area contributed by atoms with Crippen molar-refractivity contribution < 1.29 is 17.9 Å². The van der Waals surface area contributed by atoms with Crippen LogP contribution in [0.25, 0.3) is 0 Å². The number of esters is 1. The predicted molar refractivity (Wildman–Crippen MR) is 67.5 cm³/mol. The number of ether oxygens (including phenoxy) is 1. The number of carbonyl (C=O) groups excluding carboxylic acids is 1. The molecule has 1 aliphatic heterocycles. The minimum absolute atomic E-state index is 0.0638. The van der Waals surface area contributed by atoms with Crippen molar-refractivity contribution in [3.63, 3.8) is 0 Å². The van der Waals surface area contributed by atoms with Gasteiger partial charge in [-0.05, 0) is 32.6 Å². The number of rotatable bonds is 3. The second-order valence-electron chi connectivity index (χ2n) is 5.25. The summed E-state index contributed by atoms with van der Waals surface area (Å²) < 4.78 is 31.5. The molecular weight excluding hydrogens is 254 g/mol. The fourth-order valence-electron chi connectivity index (χ4n) is 3.16. The lowest BCUT2D eigenvalue weighted by atomic mass is 10.1. The number of methoxy groups -OCH3 is 1. The van der Waals surface area contributed by atoms with Crippen molar-refractivity contribution in [3.8, 4) is 0 Å². The molecule has 6 heteroatoms. The summed E-state index contributed by atoms with van der Waals surface area (Å²) >= 11 is 0. The second-order valence-corrected chi connectivity index (χ2v) is 7.35. The summed E-state index contributed by atoms with van der Waals surface area (Å²) in [5.41, 5.74) is 0. The zero-order valence-corrected chi connectivity index (χ0v) is 11.8. The van der Waals surface area contributed by atoms with Crippen molar-refractivity contribution in [2.45, 2.75) is 50.3 Å². The highest BCUT2D eigenvalue weighted by molar-refractivity contribution is 7.89. The molecule has 104 valence electrons. The third-order valence-electron chi connectivity index (χ3n) is 4.16. The molecule has 0 aromatic carbocycles. The van der Waals surface area contributed by atoms with Crippen molar-refractivity contribution in [3.05, 3.63) is 0 Å². The molecule has 0 spiro atoms. The van der Waals surface area contributed by atoms with E-state index in [1.54, 1.807) is 4.31 Å². The van der Waals surface area contributed by atoms with E-state index in [1.807, 2.05) is 6.92 Å². The van der Waals surface area contributed by atoms with E-state index in [4.69, 9.17) is 4.74 Å². The van der Waals surface area contributed by atoms with E-state index in [0.29, 0.717) is 19.4 Å². The summed E-state index contributed by atoms with van der Waals surface area (Å²) in [5.74, 6) is -0.860. The Morgan fingerprint density at radius 1 is 1.22 bits per heavy atom. The van der Waals surface area contributed by atoms with Crippen LogP contribution in [0.15, 0.2) is 0 Å². The van der Waals surface area contributed by atoms with Crippen LogP contribution in [0.2, 0.25) is 0 Å². The summed E-state index contributed by atoms with van der Waals surface area (Å²) in [7, 11) is -2.04. The quantitative estimate of drug-likeness (QED) is 0.725. The van der Waals surface area contributed by atoms with Gasteiger partial charge in [0.2, 0.25) is 10.0 Å². The molecule has 0 radical (unpaired) electrons. The summed E-state index contributed by atoms with van der Waals surface area (Å²) in [6, 6.07) is 0.0638. The first kappa shape index (κ1) is 13.8. The van der Waals surface area contributed by atoms with E-state index >= 15 is 0 Å². The molecule has 0 aromatic rings. The fraction of sp³-hybridized carbons (Fsp3) is 0.917. The number of nitrogens with zero attached hydrogens (tertiary/aromatic N) is 1. The summed E-state index contributed by atoms with van der Waals surface area (Å²) in [4.78, 5) is 11.7. The van der Waals surface area contributed by atoms with Crippen molar-refractivity contribution in [1.82, 2.24) is 4.31 Å². The summed E-state index contributed by atoms with van der Waals surface area (Å²) in [5, 5.41) is -0.578. The van der Waals surface area contributed by atoms with Crippen LogP contribution < -0.4 is 0 Å². The molecular formula is C12H21NO4S. The molecule has 1 saturated carbocycles. The Morgan fingerprint density at radius 3 is 2.50 bits per heavy atom. The van der Waals surface area contributed by atoms with Gasteiger partial charge in [0.15, 0.2) is 0 Å². The molecule has 0 N–H and O–H groups in total. The Kier molecular flexibility index (Phi) is 3.96. The van der Waals surface area contributed by atoms with Gasteiger partial charge in [0.05, 0.1) is 18.3 Å². The maximum absolute atomic E-state index is 12.6. The maximum Gasteiger partial charge on any atom is 0.310 e. The van der Waals surface area contributed by atoms with Crippen LogP contribution in [0.4, 0.5) is 0 Å². The number of hydrogen-bond donors (Lipinski definition) is 0. The van der Waals surface area contributed by atoms with E-state index in [1.165, 1.54) is 7.11 Å². The molecule has 2 rings (SSSR count). The minimum Gasteiger partial charge on any atom is -0.469 e. The molecule has 2 aliphatic rings. The van der Waals surface area contributed by atoms with Gasteiger partial charge in [-0.25, -0.2) is 8.42 Å². The normalized spacial score (nSPS) is 33.8. The van der Waals surface area contributed by atoms with Gasteiger partial charge in [-0.2, -0.15) is 4.31 Å². The van der Waals surface area contributed by atoms with Crippen LogP contribution in [-0.2, 0) is 19.6 Å². The number of hydrogen-bond acceptors (Lipinski definition) is 4. The summed E-state index contributed by atoms with van der Waals surface area (Å²) in [6.07, 6.45) is 3.81. The average molecular weight is 275 g/mol. The standard InChI is InChI=1S/C12H21NO4S/c1-9-5-4-8-13(9)18(15,16)11-7-3-6-10(11)12(14)17-2/h9-11H,3-8H2,1-2H3. The fourth-order valence-corrected chi connectivity index (χ4v) is 5.63. The van der Waals surface area contributed by atoms with Crippen molar-refractivity contribution in [2.75, 3.05) is 13.7 Å². The zero-order valence-electron chi connectivity index (χ0n) is 11.0. The van der Waals surface area contributed by atoms with Gasteiger partial charge < -0.3 is 4.74 Å². The molecule has 3 atom stereocenters. The first-order valence-corrected chi connectivity index (χ1v) is 8.07. The third-order valence-corrected chi connectivity index (χ3v) is 6.68. The Morgan fingerprint density at radius 2 is 1.94 bits per heavy atom. The van der Waals surface area contributed by atoms with Crippen molar-refractivity contribution in [2.24, 2.45) is 5.92 Å². The van der Waals surface area contributed by atoms with E-state index in [2.05, 4.69) is 0 Å². The molecule has 3 unspecified atom stereocenters. The molecule has 18 heavy (non-hydrogen) atoms. The minimum atomic E-state index is -3.36. The molecule has 1 aliphatic carbocycles. The molecule has 1 heterocycles. The zero-order chi connectivity index (χ0) is 13.3. The Hall–Kier alpha value is -0.620. The molecule has 2 fully saturated rings. The first-order valence-electron chi connectivity index (χ1n) is 6.57. The van der Waals surface area contributed by atoms with Crippen LogP contribution in [0.5, 0.6) is 0 Å². The van der Waals surface area contributed by atoms with Crippen LogP contribution >= 0.6 is 0 Å². The lowest BCUT2D eigenvalue weighted by molar-refractivity contribution is -0.145. The van der Waals surface area contributed by atoms with E-state index in [-0.39, 0.29) is 12.0 Å². The largest absolute Gasteiger partial charge is 0.469 e. The van der Waals surface area contributed by atoms with Crippen molar-refractivity contribution in [1.29, 1.82) is 0 Å². The molecule has 0 bridgehead atoms. The third kappa shape index (κ3) is 2.28. The number of sulfonamides is 1. The molecule has 5 nitrogen and oxygen atoms in total. The van der Waals surface area contributed by atoms with E-state index < -0.39 is 21.2 Å². The highest BCUT2D eigenvalue weighted by Gasteiger charge is 2.46. The van der Waals surface area contributed by atoms with Gasteiger partial charge in [-0.3, -0.25) is 4.79 Å².